The first-order valence-electron chi connectivity index (χ1n) is 5.82. The van der Waals surface area contributed by atoms with E-state index in [9.17, 15) is 13.2 Å². The van der Waals surface area contributed by atoms with Gasteiger partial charge in [0.25, 0.3) is 10.0 Å². The van der Waals surface area contributed by atoms with Gasteiger partial charge >= 0.3 is 0 Å². The molecule has 0 fully saturated rings. The Morgan fingerprint density at radius 2 is 1.65 bits per heavy atom. The Morgan fingerprint density at radius 1 is 1.05 bits per heavy atom. The van der Waals surface area contributed by atoms with Crippen LogP contribution in [0.4, 0.5) is 0 Å². The van der Waals surface area contributed by atoms with Crippen LogP contribution in [0, 0.1) is 0 Å². The fourth-order valence-corrected chi connectivity index (χ4v) is 3.27. The average molecular weight is 354 g/mol. The highest BCUT2D eigenvalue weighted by atomic mass is 79.9. The first kappa shape index (κ1) is 14.9. The molecule has 1 aromatic rings. The van der Waals surface area contributed by atoms with Crippen molar-refractivity contribution in [2.45, 2.75) is 18.7 Å². The molecule has 0 heterocycles. The molecular weight excluding hydrogens is 342 g/mol. The number of benzene rings is 1. The average Bonchev–Trinajstić information content (AvgIpc) is 2.43. The normalized spacial score (nSPS) is 18.4. The van der Waals surface area contributed by atoms with Crippen LogP contribution in [0.2, 0.25) is 0 Å². The number of nitrogens with zero attached hydrogens (tertiary/aromatic N) is 1. The molecule has 0 N–H and O–H groups in total. The molecule has 4 nitrogen and oxygen atoms in total. The highest BCUT2D eigenvalue weighted by molar-refractivity contribution is 9.12. The van der Waals surface area contributed by atoms with E-state index in [1.807, 2.05) is 0 Å². The summed E-state index contributed by atoms with van der Waals surface area (Å²) in [6.45, 7) is 3.33. The number of Topliss-reactive ketones (excluding diaryl/α,β-unsaturated/α-hetero) is 1. The molecule has 0 saturated heterocycles. The van der Waals surface area contributed by atoms with Crippen LogP contribution in [-0.2, 0) is 14.8 Å². The third kappa shape index (κ3) is 2.81. The number of halogens is 1. The second-order valence-corrected chi connectivity index (χ2v) is 6.79. The van der Waals surface area contributed by atoms with Crippen LogP contribution in [-0.4, -0.2) is 19.9 Å². The lowest BCUT2D eigenvalue weighted by Crippen LogP contribution is -2.15. The molecule has 0 unspecified atom stereocenters. The highest BCUT2D eigenvalue weighted by Crippen LogP contribution is 2.24. The highest BCUT2D eigenvalue weighted by Gasteiger charge is 2.22. The molecule has 6 heteroatoms. The SMILES string of the molecule is CC1=C(C)/C(=N\S(=O)(=O)c2ccccc2)C=C(Br)C1=O. The minimum absolute atomic E-state index is 0.124. The third-order valence-electron chi connectivity index (χ3n) is 3.03. The van der Waals surface area contributed by atoms with Gasteiger partial charge in [-0.3, -0.25) is 4.79 Å². The van der Waals surface area contributed by atoms with E-state index < -0.39 is 10.0 Å². The van der Waals surface area contributed by atoms with Crippen LogP contribution >= 0.6 is 15.9 Å². The summed E-state index contributed by atoms with van der Waals surface area (Å²) in [6, 6.07) is 7.97. The molecule has 0 aliphatic heterocycles. The van der Waals surface area contributed by atoms with Gasteiger partial charge in [0.2, 0.25) is 0 Å². The lowest BCUT2D eigenvalue weighted by molar-refractivity contribution is -0.111. The summed E-state index contributed by atoms with van der Waals surface area (Å²) in [5, 5.41) is 0. The molecule has 2 rings (SSSR count). The van der Waals surface area contributed by atoms with Crippen molar-refractivity contribution in [3.63, 3.8) is 0 Å². The maximum absolute atomic E-state index is 12.2. The second-order valence-electron chi connectivity index (χ2n) is 4.34. The van der Waals surface area contributed by atoms with Crippen LogP contribution in [0.15, 0.2) is 61.3 Å². The van der Waals surface area contributed by atoms with Crippen molar-refractivity contribution >= 4 is 37.4 Å². The van der Waals surface area contributed by atoms with Gasteiger partial charge in [0.1, 0.15) is 0 Å². The number of carbonyl (C=O) groups is 1. The number of carbonyl (C=O) groups excluding carboxylic acids is 1. The summed E-state index contributed by atoms with van der Waals surface area (Å²) in [4.78, 5) is 11.9. The van der Waals surface area contributed by atoms with Crippen LogP contribution in [0.3, 0.4) is 0 Å². The van der Waals surface area contributed by atoms with Crippen LogP contribution in [0.1, 0.15) is 13.8 Å². The minimum Gasteiger partial charge on any atom is -0.288 e. The largest absolute Gasteiger partial charge is 0.288 e. The number of ketones is 1. The zero-order valence-electron chi connectivity index (χ0n) is 10.9. The van der Waals surface area contributed by atoms with E-state index in [1.165, 1.54) is 18.2 Å². The van der Waals surface area contributed by atoms with E-state index in [0.29, 0.717) is 15.6 Å². The summed E-state index contributed by atoms with van der Waals surface area (Å²) < 4.78 is 28.5. The maximum atomic E-state index is 12.2. The molecular formula is C14H12BrNO3S. The molecule has 0 aromatic heterocycles. The van der Waals surface area contributed by atoms with E-state index >= 15 is 0 Å². The Morgan fingerprint density at radius 3 is 2.25 bits per heavy atom. The summed E-state index contributed by atoms with van der Waals surface area (Å²) in [5.41, 5.74) is 1.33. The molecule has 1 aliphatic carbocycles. The Bertz CT molecular complexity index is 759. The summed E-state index contributed by atoms with van der Waals surface area (Å²) >= 11 is 3.13. The van der Waals surface area contributed by atoms with Crippen molar-refractivity contribution in [2.24, 2.45) is 4.40 Å². The van der Waals surface area contributed by atoms with Gasteiger partial charge in [-0.15, -0.1) is 0 Å². The number of sulfonamides is 1. The zero-order valence-corrected chi connectivity index (χ0v) is 13.3. The Labute approximate surface area is 126 Å². The predicted octanol–water partition coefficient (Wildman–Crippen LogP) is 3.01. The Hall–Kier alpha value is -1.53. The molecule has 0 atom stereocenters. The first-order valence-corrected chi connectivity index (χ1v) is 8.06. The fraction of sp³-hybridized carbons (Fsp3) is 0.143. The Kier molecular flexibility index (Phi) is 4.06. The fourth-order valence-electron chi connectivity index (χ4n) is 1.70. The quantitative estimate of drug-likeness (QED) is 0.767. The molecule has 0 amide bonds. The van der Waals surface area contributed by atoms with E-state index in [-0.39, 0.29) is 16.4 Å². The topological polar surface area (TPSA) is 63.6 Å². The van der Waals surface area contributed by atoms with Gasteiger partial charge in [-0.05, 0) is 53.6 Å². The van der Waals surface area contributed by atoms with Gasteiger partial charge in [0, 0.05) is 5.57 Å². The molecule has 1 aliphatic rings. The van der Waals surface area contributed by atoms with Crippen molar-refractivity contribution in [2.75, 3.05) is 0 Å². The number of hydrogen-bond donors (Lipinski definition) is 0. The van der Waals surface area contributed by atoms with Crippen molar-refractivity contribution in [3.05, 3.63) is 52.0 Å². The number of rotatable bonds is 2. The molecule has 1 aromatic carbocycles. The van der Waals surface area contributed by atoms with Crippen LogP contribution in [0.5, 0.6) is 0 Å². The smallest absolute Gasteiger partial charge is 0.282 e. The number of allylic oxidation sites excluding steroid dienone is 4. The number of hydrogen-bond acceptors (Lipinski definition) is 3. The van der Waals surface area contributed by atoms with Gasteiger partial charge in [-0.1, -0.05) is 18.2 Å². The zero-order chi connectivity index (χ0) is 14.9. The molecule has 0 radical (unpaired) electrons. The van der Waals surface area contributed by atoms with Gasteiger partial charge < -0.3 is 0 Å². The third-order valence-corrected chi connectivity index (χ3v) is 4.92. The van der Waals surface area contributed by atoms with E-state index in [2.05, 4.69) is 20.3 Å². The predicted molar refractivity (Wildman–Crippen MR) is 81.5 cm³/mol. The van der Waals surface area contributed by atoms with Crippen molar-refractivity contribution < 1.29 is 13.2 Å². The lowest BCUT2D eigenvalue weighted by atomic mass is 9.97. The summed E-state index contributed by atoms with van der Waals surface area (Å²) in [5.74, 6) is -0.154. The summed E-state index contributed by atoms with van der Waals surface area (Å²) in [6.07, 6.45) is 1.44. The van der Waals surface area contributed by atoms with Gasteiger partial charge in [-0.2, -0.15) is 12.8 Å². The van der Waals surface area contributed by atoms with E-state index in [4.69, 9.17) is 0 Å². The maximum Gasteiger partial charge on any atom is 0.282 e. The molecule has 0 saturated carbocycles. The van der Waals surface area contributed by atoms with Gasteiger partial charge in [0.15, 0.2) is 5.78 Å². The first-order chi connectivity index (χ1) is 9.33. The van der Waals surface area contributed by atoms with Crippen molar-refractivity contribution in [1.82, 2.24) is 0 Å². The molecule has 0 bridgehead atoms. The summed E-state index contributed by atoms with van der Waals surface area (Å²) in [7, 11) is -3.78. The minimum atomic E-state index is -3.78. The molecule has 104 valence electrons. The Balaban J connectivity index is 2.54. The lowest BCUT2D eigenvalue weighted by Gasteiger charge is -2.13. The molecule has 0 spiro atoms. The van der Waals surface area contributed by atoms with E-state index in [0.717, 1.165) is 0 Å². The second kappa shape index (κ2) is 5.46. The van der Waals surface area contributed by atoms with Crippen molar-refractivity contribution in [3.8, 4) is 0 Å². The van der Waals surface area contributed by atoms with E-state index in [1.54, 1.807) is 32.0 Å². The van der Waals surface area contributed by atoms with Crippen LogP contribution < -0.4 is 0 Å². The van der Waals surface area contributed by atoms with Crippen molar-refractivity contribution in [1.29, 1.82) is 0 Å². The van der Waals surface area contributed by atoms with Gasteiger partial charge in [-0.25, -0.2) is 0 Å². The standard InChI is InChI=1S/C14H12BrNO3S/c1-9-10(2)14(17)12(15)8-13(9)16-20(18,19)11-6-4-3-5-7-11/h3-8H,1-2H3/b16-13-. The van der Waals surface area contributed by atoms with Gasteiger partial charge in [0.05, 0.1) is 15.1 Å². The molecule has 20 heavy (non-hydrogen) atoms. The monoisotopic (exact) mass is 353 g/mol. The van der Waals surface area contributed by atoms with Crippen LogP contribution in [0.25, 0.3) is 0 Å².